The van der Waals surface area contributed by atoms with Crippen LogP contribution in [0.15, 0.2) is 18.5 Å². The van der Waals surface area contributed by atoms with Gasteiger partial charge in [-0.25, -0.2) is 4.79 Å². The molecule has 1 aromatic rings. The number of aromatic nitrogens is 2. The Balaban J connectivity index is 1.72. The molecule has 2 saturated heterocycles. The number of amides is 4. The number of urea groups is 1. The van der Waals surface area contributed by atoms with E-state index in [1.54, 1.807) is 35.1 Å². The first-order chi connectivity index (χ1) is 11.4. The highest BCUT2D eigenvalue weighted by Gasteiger charge is 2.55. The highest BCUT2D eigenvalue weighted by molar-refractivity contribution is 6.06. The van der Waals surface area contributed by atoms with Gasteiger partial charge in [0.2, 0.25) is 5.91 Å². The van der Waals surface area contributed by atoms with Gasteiger partial charge in [0.25, 0.3) is 5.91 Å². The van der Waals surface area contributed by atoms with Crippen molar-refractivity contribution in [3.8, 4) is 0 Å². The van der Waals surface area contributed by atoms with Gasteiger partial charge in [0.1, 0.15) is 11.6 Å². The lowest BCUT2D eigenvalue weighted by atomic mass is 9.86. The molecule has 8 heteroatoms. The third-order valence-corrected chi connectivity index (χ3v) is 5.34. The zero-order valence-corrected chi connectivity index (χ0v) is 14.3. The second kappa shape index (κ2) is 5.92. The van der Waals surface area contributed by atoms with E-state index in [0.29, 0.717) is 32.4 Å². The Morgan fingerprint density at radius 3 is 2.42 bits per heavy atom. The van der Waals surface area contributed by atoms with Crippen LogP contribution >= 0.6 is 0 Å². The molecular formula is C16H23N5O3. The zero-order valence-electron chi connectivity index (χ0n) is 14.3. The third kappa shape index (κ3) is 2.28. The summed E-state index contributed by atoms with van der Waals surface area (Å²) in [4.78, 5) is 41.9. The molecule has 8 nitrogen and oxygen atoms in total. The van der Waals surface area contributed by atoms with E-state index < -0.39 is 5.54 Å². The number of imide groups is 1. The van der Waals surface area contributed by atoms with Gasteiger partial charge in [-0.15, -0.1) is 0 Å². The van der Waals surface area contributed by atoms with E-state index >= 15 is 0 Å². The Morgan fingerprint density at radius 1 is 1.29 bits per heavy atom. The number of carbonyl (C=O) groups is 3. The van der Waals surface area contributed by atoms with Crippen molar-refractivity contribution in [2.45, 2.75) is 37.8 Å². The molecule has 2 aliphatic heterocycles. The number of rotatable bonds is 3. The molecule has 2 fully saturated rings. The van der Waals surface area contributed by atoms with Crippen molar-refractivity contribution < 1.29 is 14.4 Å². The van der Waals surface area contributed by atoms with E-state index in [1.165, 1.54) is 16.8 Å². The van der Waals surface area contributed by atoms with E-state index in [4.69, 9.17) is 0 Å². The van der Waals surface area contributed by atoms with Crippen LogP contribution < -0.4 is 0 Å². The molecule has 2 aliphatic rings. The Bertz CT molecular complexity index is 649. The van der Waals surface area contributed by atoms with Crippen molar-refractivity contribution in [1.29, 1.82) is 0 Å². The van der Waals surface area contributed by atoms with E-state index in [-0.39, 0.29) is 23.9 Å². The molecule has 0 radical (unpaired) electrons. The fraction of sp³-hybridized carbons (Fsp3) is 0.625. The Morgan fingerprint density at radius 2 is 1.96 bits per heavy atom. The van der Waals surface area contributed by atoms with Gasteiger partial charge in [0.15, 0.2) is 0 Å². The molecule has 24 heavy (non-hydrogen) atoms. The standard InChI is InChI=1S/C16H23N5O3/c1-4-12(21-9-5-8-17-21)13(22)20-10-6-16(7-11-20)14(23)18(2)15(24)19(16)3/h5,8-9,12H,4,6-7,10-11H2,1-3H3/t12-/m0/s1. The van der Waals surface area contributed by atoms with Crippen LogP contribution in [0.3, 0.4) is 0 Å². The van der Waals surface area contributed by atoms with Gasteiger partial charge >= 0.3 is 6.03 Å². The summed E-state index contributed by atoms with van der Waals surface area (Å²) in [6.45, 7) is 2.89. The van der Waals surface area contributed by atoms with Crippen molar-refractivity contribution >= 4 is 17.8 Å². The molecule has 3 heterocycles. The molecular weight excluding hydrogens is 310 g/mol. The lowest BCUT2D eigenvalue weighted by Gasteiger charge is -2.41. The van der Waals surface area contributed by atoms with Crippen LogP contribution in [0.1, 0.15) is 32.2 Å². The molecule has 1 spiro atoms. The highest BCUT2D eigenvalue weighted by atomic mass is 16.2. The molecule has 0 unspecified atom stereocenters. The number of carbonyl (C=O) groups excluding carboxylic acids is 3. The van der Waals surface area contributed by atoms with Crippen LogP contribution in [-0.4, -0.2) is 75.0 Å². The van der Waals surface area contributed by atoms with Crippen molar-refractivity contribution in [3.63, 3.8) is 0 Å². The van der Waals surface area contributed by atoms with Crippen LogP contribution in [0.2, 0.25) is 0 Å². The summed E-state index contributed by atoms with van der Waals surface area (Å²) in [5.41, 5.74) is -0.796. The van der Waals surface area contributed by atoms with Gasteiger partial charge in [-0.2, -0.15) is 5.10 Å². The van der Waals surface area contributed by atoms with Crippen LogP contribution in [-0.2, 0) is 9.59 Å². The monoisotopic (exact) mass is 333 g/mol. The molecule has 0 N–H and O–H groups in total. The Hall–Kier alpha value is -2.38. The predicted octanol–water partition coefficient (Wildman–Crippen LogP) is 0.719. The minimum atomic E-state index is -0.796. The predicted molar refractivity (Wildman–Crippen MR) is 86.0 cm³/mol. The zero-order chi connectivity index (χ0) is 17.5. The van der Waals surface area contributed by atoms with Crippen LogP contribution in [0.25, 0.3) is 0 Å². The average molecular weight is 333 g/mol. The summed E-state index contributed by atoms with van der Waals surface area (Å²) >= 11 is 0. The fourth-order valence-corrected chi connectivity index (χ4v) is 3.75. The smallest absolute Gasteiger partial charge is 0.327 e. The van der Waals surface area contributed by atoms with Gasteiger partial charge in [0, 0.05) is 39.6 Å². The maximum atomic E-state index is 12.8. The van der Waals surface area contributed by atoms with Crippen molar-refractivity contribution in [1.82, 2.24) is 24.5 Å². The summed E-state index contributed by atoms with van der Waals surface area (Å²) in [6, 6.07) is 1.20. The summed E-state index contributed by atoms with van der Waals surface area (Å²) < 4.78 is 1.68. The lowest BCUT2D eigenvalue weighted by Crippen LogP contribution is -2.56. The van der Waals surface area contributed by atoms with Gasteiger partial charge in [0.05, 0.1) is 0 Å². The van der Waals surface area contributed by atoms with Crippen molar-refractivity contribution in [2.75, 3.05) is 27.2 Å². The first kappa shape index (κ1) is 16.5. The first-order valence-corrected chi connectivity index (χ1v) is 8.26. The van der Waals surface area contributed by atoms with Crippen LogP contribution in [0.5, 0.6) is 0 Å². The minimum absolute atomic E-state index is 0.0174. The number of likely N-dealkylation sites (tertiary alicyclic amines) is 1. The number of hydrogen-bond acceptors (Lipinski definition) is 4. The maximum Gasteiger partial charge on any atom is 0.327 e. The Labute approximate surface area is 141 Å². The largest absolute Gasteiger partial charge is 0.341 e. The SMILES string of the molecule is CC[C@@H](C(=O)N1CCC2(CC1)C(=O)N(C)C(=O)N2C)n1cccn1. The molecule has 4 amide bonds. The first-order valence-electron chi connectivity index (χ1n) is 8.26. The fourth-order valence-electron chi connectivity index (χ4n) is 3.75. The van der Waals surface area contributed by atoms with Gasteiger partial charge in [-0.3, -0.25) is 19.2 Å². The van der Waals surface area contributed by atoms with Gasteiger partial charge in [-0.1, -0.05) is 6.92 Å². The third-order valence-electron chi connectivity index (χ3n) is 5.34. The maximum absolute atomic E-state index is 12.8. The molecule has 0 aromatic carbocycles. The van der Waals surface area contributed by atoms with Crippen molar-refractivity contribution in [2.24, 2.45) is 0 Å². The minimum Gasteiger partial charge on any atom is -0.341 e. The summed E-state index contributed by atoms with van der Waals surface area (Å²) in [6.07, 6.45) is 5.05. The molecule has 0 saturated carbocycles. The van der Waals surface area contributed by atoms with Gasteiger partial charge in [-0.05, 0) is 25.3 Å². The molecule has 1 aromatic heterocycles. The normalized spacial score (nSPS) is 21.7. The molecule has 130 valence electrons. The molecule has 1 atom stereocenters. The Kier molecular flexibility index (Phi) is 4.06. The second-order valence-electron chi connectivity index (χ2n) is 6.47. The van der Waals surface area contributed by atoms with Gasteiger partial charge < -0.3 is 9.80 Å². The quantitative estimate of drug-likeness (QED) is 0.764. The van der Waals surface area contributed by atoms with E-state index in [1.807, 2.05) is 6.92 Å². The molecule has 0 aliphatic carbocycles. The molecule has 3 rings (SSSR count). The summed E-state index contributed by atoms with van der Waals surface area (Å²) in [7, 11) is 3.18. The van der Waals surface area contributed by atoms with E-state index in [2.05, 4.69) is 5.10 Å². The summed E-state index contributed by atoms with van der Waals surface area (Å²) in [5.74, 6) is -0.148. The van der Waals surface area contributed by atoms with E-state index in [0.717, 1.165) is 0 Å². The number of nitrogens with zero attached hydrogens (tertiary/aromatic N) is 5. The topological polar surface area (TPSA) is 78.8 Å². The second-order valence-corrected chi connectivity index (χ2v) is 6.47. The molecule has 0 bridgehead atoms. The highest BCUT2D eigenvalue weighted by Crippen LogP contribution is 2.36. The van der Waals surface area contributed by atoms with Crippen LogP contribution in [0, 0.1) is 0 Å². The number of hydrogen-bond donors (Lipinski definition) is 0. The summed E-state index contributed by atoms with van der Waals surface area (Å²) in [5, 5.41) is 4.17. The number of likely N-dealkylation sites (N-methyl/N-ethyl adjacent to an activating group) is 2. The van der Waals surface area contributed by atoms with Crippen molar-refractivity contribution in [3.05, 3.63) is 18.5 Å². The lowest BCUT2D eigenvalue weighted by molar-refractivity contribution is -0.142. The average Bonchev–Trinajstić information content (AvgIpc) is 3.17. The van der Waals surface area contributed by atoms with Crippen LogP contribution in [0.4, 0.5) is 4.79 Å². The number of piperidine rings is 1. The van der Waals surface area contributed by atoms with E-state index in [9.17, 15) is 14.4 Å².